The second-order valence-electron chi connectivity index (χ2n) is 10.5. The molecule has 0 aliphatic carbocycles. The van der Waals surface area contributed by atoms with Gasteiger partial charge in [-0.05, 0) is 60.2 Å². The molecule has 0 spiro atoms. The van der Waals surface area contributed by atoms with Crippen molar-refractivity contribution < 1.29 is 0 Å². The van der Waals surface area contributed by atoms with E-state index in [-0.39, 0.29) is 5.41 Å². The lowest BCUT2D eigenvalue weighted by Gasteiger charge is -2.33. The molecule has 0 radical (unpaired) electrons. The van der Waals surface area contributed by atoms with Crippen LogP contribution in [-0.4, -0.2) is 33.5 Å². The minimum atomic E-state index is 0.166. The zero-order valence-corrected chi connectivity index (χ0v) is 22.6. The zero-order valence-electron chi connectivity index (χ0n) is 22.6. The average Bonchev–Trinajstić information content (AvgIpc) is 2.95. The van der Waals surface area contributed by atoms with Gasteiger partial charge in [0.2, 0.25) is 0 Å². The van der Waals surface area contributed by atoms with Crippen LogP contribution in [0.15, 0.2) is 73.3 Å². The smallest absolute Gasteiger partial charge is 0.139 e. The highest BCUT2D eigenvalue weighted by Crippen LogP contribution is 2.39. The lowest BCUT2D eigenvalue weighted by molar-refractivity contribution is 0.482. The molecule has 0 saturated carbocycles. The monoisotopic (exact) mass is 516 g/mol. The Balaban J connectivity index is 1.37. The van der Waals surface area contributed by atoms with Crippen molar-refractivity contribution in [2.24, 2.45) is 0 Å². The van der Waals surface area contributed by atoms with E-state index >= 15 is 0 Å². The van der Waals surface area contributed by atoms with Gasteiger partial charge in [-0.2, -0.15) is 0 Å². The Hall–Kier alpha value is -4.72. The summed E-state index contributed by atoms with van der Waals surface area (Å²) in [6, 6.07) is 18.7. The minimum Gasteiger partial charge on any atom is -0.385 e. The third kappa shape index (κ3) is 4.69. The summed E-state index contributed by atoms with van der Waals surface area (Å²) in [5.74, 6) is 2.28. The summed E-state index contributed by atoms with van der Waals surface area (Å²) in [4.78, 5) is 18.1. The molecule has 3 aromatic heterocycles. The number of hydrogen-bond donors (Lipinski definition) is 4. The van der Waals surface area contributed by atoms with Gasteiger partial charge in [-0.1, -0.05) is 32.0 Å². The molecule has 0 atom stereocenters. The van der Waals surface area contributed by atoms with E-state index in [2.05, 4.69) is 87.3 Å². The Kier molecular flexibility index (Phi) is 6.23. The van der Waals surface area contributed by atoms with Gasteiger partial charge in [0.1, 0.15) is 23.8 Å². The highest BCUT2D eigenvalue weighted by atomic mass is 15.0. The van der Waals surface area contributed by atoms with Gasteiger partial charge in [-0.25, -0.2) is 19.9 Å². The molecule has 0 fully saturated rings. The molecule has 0 bridgehead atoms. The molecule has 6 rings (SSSR count). The fourth-order valence-electron chi connectivity index (χ4n) is 5.24. The second kappa shape index (κ2) is 9.87. The highest BCUT2D eigenvalue weighted by molar-refractivity contribution is 6.03. The fourth-order valence-corrected chi connectivity index (χ4v) is 5.24. The average molecular weight is 517 g/mol. The Morgan fingerprint density at radius 3 is 2.59 bits per heavy atom. The van der Waals surface area contributed by atoms with Crippen LogP contribution in [0.5, 0.6) is 0 Å². The summed E-state index contributed by atoms with van der Waals surface area (Å²) < 4.78 is 0. The second-order valence-corrected chi connectivity index (χ2v) is 10.5. The lowest BCUT2D eigenvalue weighted by atomic mass is 9.78. The Morgan fingerprint density at radius 1 is 0.846 bits per heavy atom. The number of pyridine rings is 2. The molecule has 196 valence electrons. The molecule has 0 unspecified atom stereocenters. The van der Waals surface area contributed by atoms with Gasteiger partial charge in [0.15, 0.2) is 0 Å². The summed E-state index contributed by atoms with van der Waals surface area (Å²) in [5, 5.41) is 15.9. The number of benzene rings is 2. The quantitative estimate of drug-likeness (QED) is 0.191. The van der Waals surface area contributed by atoms with Crippen molar-refractivity contribution in [2.75, 3.05) is 34.9 Å². The summed E-state index contributed by atoms with van der Waals surface area (Å²) in [7, 11) is 1.84. The van der Waals surface area contributed by atoms with E-state index in [4.69, 9.17) is 4.98 Å². The molecular formula is C31H32N8. The first-order valence-electron chi connectivity index (χ1n) is 13.2. The van der Waals surface area contributed by atoms with Crippen LogP contribution in [0.4, 0.5) is 34.5 Å². The molecule has 0 saturated heterocycles. The summed E-state index contributed by atoms with van der Waals surface area (Å²) in [6.45, 7) is 7.68. The van der Waals surface area contributed by atoms with E-state index in [0.717, 1.165) is 69.4 Å². The van der Waals surface area contributed by atoms with Gasteiger partial charge >= 0.3 is 0 Å². The molecule has 1 aliphatic heterocycles. The van der Waals surface area contributed by atoms with Crippen molar-refractivity contribution in [3.05, 3.63) is 84.4 Å². The van der Waals surface area contributed by atoms with Crippen molar-refractivity contribution in [3.8, 4) is 11.3 Å². The lowest BCUT2D eigenvalue weighted by Crippen LogP contribution is -2.28. The van der Waals surface area contributed by atoms with Crippen LogP contribution < -0.4 is 21.3 Å². The number of aryl methyl sites for hydroxylation is 1. The molecule has 8 nitrogen and oxygen atoms in total. The Morgan fingerprint density at radius 2 is 1.72 bits per heavy atom. The maximum Gasteiger partial charge on any atom is 0.139 e. The van der Waals surface area contributed by atoms with Crippen molar-refractivity contribution in [2.45, 2.75) is 32.6 Å². The zero-order chi connectivity index (χ0) is 27.0. The Labute approximate surface area is 228 Å². The molecule has 0 amide bonds. The van der Waals surface area contributed by atoms with Gasteiger partial charge < -0.3 is 21.3 Å². The molecule has 39 heavy (non-hydrogen) atoms. The van der Waals surface area contributed by atoms with Crippen molar-refractivity contribution in [3.63, 3.8) is 0 Å². The largest absolute Gasteiger partial charge is 0.385 e. The van der Waals surface area contributed by atoms with E-state index < -0.39 is 0 Å². The molecule has 8 heteroatoms. The van der Waals surface area contributed by atoms with Crippen LogP contribution >= 0.6 is 0 Å². The highest BCUT2D eigenvalue weighted by Gasteiger charge is 2.27. The summed E-state index contributed by atoms with van der Waals surface area (Å²) in [6.07, 6.45) is 6.31. The molecule has 1 aliphatic rings. The third-order valence-corrected chi connectivity index (χ3v) is 7.48. The maximum atomic E-state index is 4.71. The topological polar surface area (TPSA) is 99.7 Å². The van der Waals surface area contributed by atoms with E-state index in [1.54, 1.807) is 12.5 Å². The third-order valence-electron chi connectivity index (χ3n) is 7.48. The summed E-state index contributed by atoms with van der Waals surface area (Å²) in [5.41, 5.74) is 7.47. The van der Waals surface area contributed by atoms with Crippen LogP contribution in [0, 0.1) is 6.92 Å². The van der Waals surface area contributed by atoms with Gasteiger partial charge in [-0.15, -0.1) is 0 Å². The normalized spacial score (nSPS) is 13.8. The van der Waals surface area contributed by atoms with Crippen LogP contribution in [0.3, 0.4) is 0 Å². The molecule has 5 aromatic rings. The van der Waals surface area contributed by atoms with E-state index in [1.807, 2.05) is 37.5 Å². The predicted molar refractivity (Wildman–Crippen MR) is 160 cm³/mol. The number of rotatable bonds is 6. The summed E-state index contributed by atoms with van der Waals surface area (Å²) >= 11 is 0. The van der Waals surface area contributed by atoms with E-state index in [1.165, 1.54) is 11.3 Å². The van der Waals surface area contributed by atoms with Gasteiger partial charge in [-0.3, -0.25) is 0 Å². The SMILES string of the molecule is CNc1cc(-c2cccnc2Nc2c(C)ccc3c(Nc4ccc5c(c4)NCCC5(C)C)nccc23)ncn1. The molecular weight excluding hydrogens is 484 g/mol. The number of aromatic nitrogens is 4. The minimum absolute atomic E-state index is 0.166. The number of nitrogens with one attached hydrogen (secondary N) is 4. The molecule has 4 N–H and O–H groups in total. The van der Waals surface area contributed by atoms with Gasteiger partial charge in [0.05, 0.1) is 11.4 Å². The van der Waals surface area contributed by atoms with Crippen molar-refractivity contribution in [1.29, 1.82) is 0 Å². The van der Waals surface area contributed by atoms with Crippen molar-refractivity contribution in [1.82, 2.24) is 19.9 Å². The van der Waals surface area contributed by atoms with E-state index in [0.29, 0.717) is 0 Å². The number of nitrogens with zero attached hydrogens (tertiary/aromatic N) is 4. The van der Waals surface area contributed by atoms with Crippen LogP contribution in [0.25, 0.3) is 22.0 Å². The predicted octanol–water partition coefficient (Wildman–Crippen LogP) is 7.02. The van der Waals surface area contributed by atoms with Crippen LogP contribution in [-0.2, 0) is 5.41 Å². The van der Waals surface area contributed by atoms with Crippen LogP contribution in [0.2, 0.25) is 0 Å². The first-order valence-corrected chi connectivity index (χ1v) is 13.2. The standard InChI is InChI=1S/C31H32N8/c1-19-7-9-22-21(28(19)39-30-23(6-5-13-34-30)25-17-27(32-4)37-18-36-25)11-14-35-29(22)38-20-8-10-24-26(16-20)33-15-12-31(24,2)3/h5-11,13-14,16-18,33H,12,15H2,1-4H3,(H,34,39)(H,35,38)(H,32,36,37). The van der Waals surface area contributed by atoms with Crippen LogP contribution in [0.1, 0.15) is 31.4 Å². The number of hydrogen-bond acceptors (Lipinski definition) is 8. The van der Waals surface area contributed by atoms with Gasteiger partial charge in [0, 0.05) is 59.8 Å². The number of fused-ring (bicyclic) bond motifs is 2. The fraction of sp³-hybridized carbons (Fsp3) is 0.226. The Bertz CT molecular complexity index is 1680. The van der Waals surface area contributed by atoms with E-state index in [9.17, 15) is 0 Å². The van der Waals surface area contributed by atoms with Gasteiger partial charge in [0.25, 0.3) is 0 Å². The first kappa shape index (κ1) is 24.6. The van der Waals surface area contributed by atoms with Crippen molar-refractivity contribution >= 4 is 45.3 Å². The number of anilines is 6. The first-order chi connectivity index (χ1) is 18.9. The molecule has 4 heterocycles. The molecule has 2 aromatic carbocycles. The maximum absolute atomic E-state index is 4.71.